The minimum Gasteiger partial charge on any atom is -0.496 e. The predicted molar refractivity (Wildman–Crippen MR) is 147 cm³/mol. The Morgan fingerprint density at radius 2 is 1.72 bits per heavy atom. The molecule has 3 aliphatic rings. The van der Waals surface area contributed by atoms with E-state index >= 15 is 0 Å². The van der Waals surface area contributed by atoms with Gasteiger partial charge in [-0.15, -0.1) is 11.3 Å². The molecule has 2 aliphatic heterocycles. The minimum atomic E-state index is 0.346. The molecule has 4 nitrogen and oxygen atoms in total. The highest BCUT2D eigenvalue weighted by atomic mass is 32.1. The molecule has 2 bridgehead atoms. The van der Waals surface area contributed by atoms with E-state index in [-0.39, 0.29) is 0 Å². The van der Waals surface area contributed by atoms with Crippen LogP contribution >= 0.6 is 11.3 Å². The molecule has 4 aromatic rings. The normalized spacial score (nSPS) is 25.2. The second-order valence-electron chi connectivity index (χ2n) is 10.7. The second kappa shape index (κ2) is 9.29. The molecular formula is C31H33N3OS. The molecule has 184 valence electrons. The zero-order valence-electron chi connectivity index (χ0n) is 20.8. The molecule has 5 heteroatoms. The number of hydrogen-bond acceptors (Lipinski definition) is 5. The van der Waals surface area contributed by atoms with Gasteiger partial charge in [-0.25, -0.2) is 4.98 Å². The largest absolute Gasteiger partial charge is 0.496 e. The number of piperidine rings is 1. The number of thiazole rings is 1. The summed E-state index contributed by atoms with van der Waals surface area (Å²) in [5.41, 5.74) is 5.15. The molecule has 3 heterocycles. The molecule has 0 radical (unpaired) electrons. The molecule has 2 saturated heterocycles. The van der Waals surface area contributed by atoms with Crippen molar-refractivity contribution in [2.75, 3.05) is 20.2 Å². The standard InChI is InChI=1S/C31H33N3OS/c1-35-26-17-27-25(33-31(36-27)22-12-13-22)16-24(26)18-32-29-23-14-15-34(19-23)30(29)28(20-8-4-2-5-9-20)21-10-6-3-7-11-21/h2-11,16-17,22-23,28-30,32H,12-15,18-19H2,1H3/t23-,29+,30-/m1/s1. The zero-order valence-corrected chi connectivity index (χ0v) is 21.6. The topological polar surface area (TPSA) is 37.4 Å². The molecule has 4 atom stereocenters. The SMILES string of the molecule is COc1cc2sc(C3CC3)nc2cc1CN[C@H]1[C@@H]2CC[N@](C2)[C@@H]1C(c1ccccc1)c1ccccc1. The van der Waals surface area contributed by atoms with Crippen molar-refractivity contribution in [1.29, 1.82) is 0 Å². The van der Waals surface area contributed by atoms with Gasteiger partial charge in [-0.2, -0.15) is 0 Å². The van der Waals surface area contributed by atoms with Crippen LogP contribution in [0.1, 0.15) is 52.8 Å². The lowest BCUT2D eigenvalue weighted by Crippen LogP contribution is -2.50. The highest BCUT2D eigenvalue weighted by Gasteiger charge is 2.49. The highest BCUT2D eigenvalue weighted by Crippen LogP contribution is 2.45. The summed E-state index contributed by atoms with van der Waals surface area (Å²) in [7, 11) is 1.79. The molecular weight excluding hydrogens is 462 g/mol. The summed E-state index contributed by atoms with van der Waals surface area (Å²) in [6, 6.07) is 27.5. The van der Waals surface area contributed by atoms with Crippen molar-refractivity contribution in [2.24, 2.45) is 5.92 Å². The quantitative estimate of drug-likeness (QED) is 0.317. The van der Waals surface area contributed by atoms with Gasteiger partial charge in [0.05, 0.1) is 22.3 Å². The second-order valence-corrected chi connectivity index (χ2v) is 11.8. The lowest BCUT2D eigenvalue weighted by Gasteiger charge is -2.39. The number of aromatic nitrogens is 1. The number of nitrogens with zero attached hydrogens (tertiary/aromatic N) is 2. The predicted octanol–water partition coefficient (Wildman–Crippen LogP) is 6.18. The Morgan fingerprint density at radius 3 is 2.39 bits per heavy atom. The third-order valence-electron chi connectivity index (χ3n) is 8.47. The van der Waals surface area contributed by atoms with E-state index in [0.717, 1.165) is 17.8 Å². The molecule has 1 aliphatic carbocycles. The molecule has 3 fully saturated rings. The summed E-state index contributed by atoms with van der Waals surface area (Å²) < 4.78 is 7.10. The lowest BCUT2D eigenvalue weighted by molar-refractivity contribution is 0.197. The van der Waals surface area contributed by atoms with Crippen molar-refractivity contribution >= 4 is 21.6 Å². The van der Waals surface area contributed by atoms with Crippen LogP contribution < -0.4 is 10.1 Å². The summed E-state index contributed by atoms with van der Waals surface area (Å²) in [5, 5.41) is 5.33. The Kier molecular flexibility index (Phi) is 5.80. The first-order valence-electron chi connectivity index (χ1n) is 13.3. The fraction of sp³-hybridized carbons (Fsp3) is 0.387. The van der Waals surface area contributed by atoms with Gasteiger partial charge in [-0.3, -0.25) is 4.90 Å². The molecule has 0 spiro atoms. The molecule has 0 amide bonds. The van der Waals surface area contributed by atoms with E-state index in [2.05, 4.69) is 83.0 Å². The number of ether oxygens (including phenoxy) is 1. The summed E-state index contributed by atoms with van der Waals surface area (Å²) in [4.78, 5) is 7.71. The molecule has 1 aromatic heterocycles. The van der Waals surface area contributed by atoms with Gasteiger partial charge in [-0.1, -0.05) is 60.7 Å². The van der Waals surface area contributed by atoms with Crippen LogP contribution in [0.2, 0.25) is 0 Å². The van der Waals surface area contributed by atoms with Crippen molar-refractivity contribution < 1.29 is 4.74 Å². The summed E-state index contributed by atoms with van der Waals surface area (Å²) >= 11 is 1.84. The average Bonchev–Trinajstić information content (AvgIpc) is 3.38. The van der Waals surface area contributed by atoms with Gasteiger partial charge in [0.15, 0.2) is 0 Å². The fourth-order valence-electron chi connectivity index (χ4n) is 6.58. The zero-order chi connectivity index (χ0) is 24.1. The van der Waals surface area contributed by atoms with Gasteiger partial charge in [0, 0.05) is 42.6 Å². The van der Waals surface area contributed by atoms with Crippen molar-refractivity contribution in [3.8, 4) is 5.75 Å². The highest BCUT2D eigenvalue weighted by molar-refractivity contribution is 7.18. The Labute approximate surface area is 217 Å². The van der Waals surface area contributed by atoms with E-state index in [1.807, 2.05) is 11.3 Å². The van der Waals surface area contributed by atoms with Crippen LogP contribution in [0.25, 0.3) is 10.2 Å². The molecule has 36 heavy (non-hydrogen) atoms. The van der Waals surface area contributed by atoms with Crippen LogP contribution in [0.15, 0.2) is 72.8 Å². The molecule has 0 unspecified atom stereocenters. The van der Waals surface area contributed by atoms with Crippen LogP contribution in [0.3, 0.4) is 0 Å². The number of nitrogens with one attached hydrogen (secondary N) is 1. The number of fused-ring (bicyclic) bond motifs is 3. The van der Waals surface area contributed by atoms with Gasteiger partial charge in [0.25, 0.3) is 0 Å². The van der Waals surface area contributed by atoms with Gasteiger partial charge >= 0.3 is 0 Å². The van der Waals surface area contributed by atoms with E-state index in [9.17, 15) is 0 Å². The van der Waals surface area contributed by atoms with Gasteiger partial charge in [0.1, 0.15) is 5.75 Å². The molecule has 3 aromatic carbocycles. The number of rotatable bonds is 8. The first kappa shape index (κ1) is 22.5. The maximum atomic E-state index is 5.86. The number of methoxy groups -OCH3 is 1. The molecule has 7 rings (SSSR count). The number of benzene rings is 3. The van der Waals surface area contributed by atoms with Gasteiger partial charge in [-0.05, 0) is 55.0 Å². The summed E-state index contributed by atoms with van der Waals surface area (Å²) in [6.07, 6.45) is 3.85. The first-order valence-corrected chi connectivity index (χ1v) is 14.1. The van der Waals surface area contributed by atoms with Crippen LogP contribution in [0, 0.1) is 5.92 Å². The van der Waals surface area contributed by atoms with Crippen molar-refractivity contribution in [3.05, 3.63) is 94.5 Å². The van der Waals surface area contributed by atoms with Crippen molar-refractivity contribution in [3.63, 3.8) is 0 Å². The fourth-order valence-corrected chi connectivity index (χ4v) is 7.72. The third-order valence-corrected chi connectivity index (χ3v) is 9.66. The Morgan fingerprint density at radius 1 is 1.00 bits per heavy atom. The van der Waals surface area contributed by atoms with E-state index in [4.69, 9.17) is 9.72 Å². The maximum absolute atomic E-state index is 5.86. The average molecular weight is 496 g/mol. The Bertz CT molecular complexity index is 1310. The van der Waals surface area contributed by atoms with Crippen molar-refractivity contribution in [1.82, 2.24) is 15.2 Å². The van der Waals surface area contributed by atoms with Crippen LogP contribution in [0.4, 0.5) is 0 Å². The van der Waals surface area contributed by atoms with Crippen LogP contribution in [-0.2, 0) is 6.54 Å². The van der Waals surface area contributed by atoms with Gasteiger partial charge < -0.3 is 10.1 Å². The van der Waals surface area contributed by atoms with Crippen LogP contribution in [-0.4, -0.2) is 42.2 Å². The minimum absolute atomic E-state index is 0.346. The third kappa shape index (κ3) is 4.03. The maximum Gasteiger partial charge on any atom is 0.124 e. The van der Waals surface area contributed by atoms with E-state index in [1.165, 1.54) is 58.7 Å². The Balaban J connectivity index is 1.20. The van der Waals surface area contributed by atoms with Gasteiger partial charge in [0.2, 0.25) is 0 Å². The molecule has 1 saturated carbocycles. The van der Waals surface area contributed by atoms with Crippen molar-refractivity contribution in [2.45, 2.75) is 49.7 Å². The lowest BCUT2D eigenvalue weighted by atomic mass is 9.78. The first-order chi connectivity index (χ1) is 17.8. The molecule has 1 N–H and O–H groups in total. The summed E-state index contributed by atoms with van der Waals surface area (Å²) in [6.45, 7) is 3.18. The smallest absolute Gasteiger partial charge is 0.124 e. The van der Waals surface area contributed by atoms with E-state index in [0.29, 0.717) is 29.8 Å². The Hall–Kier alpha value is -2.73. The summed E-state index contributed by atoms with van der Waals surface area (Å²) in [5.74, 6) is 2.69. The number of hydrogen-bond donors (Lipinski definition) is 1. The van der Waals surface area contributed by atoms with Crippen LogP contribution in [0.5, 0.6) is 5.75 Å². The van der Waals surface area contributed by atoms with E-state index in [1.54, 1.807) is 7.11 Å². The monoisotopic (exact) mass is 495 g/mol. The van der Waals surface area contributed by atoms with E-state index < -0.39 is 0 Å².